The van der Waals surface area contributed by atoms with Gasteiger partial charge in [-0.3, -0.25) is 24.7 Å². The molecule has 1 saturated carbocycles. The van der Waals surface area contributed by atoms with Crippen molar-refractivity contribution in [2.45, 2.75) is 32.7 Å². The zero-order valence-corrected chi connectivity index (χ0v) is 9.97. The molecule has 3 unspecified atom stereocenters. The third-order valence-corrected chi connectivity index (χ3v) is 3.82. The smallest absolute Gasteiger partial charge is 0.256 e. The van der Waals surface area contributed by atoms with E-state index in [9.17, 15) is 14.4 Å². The molecule has 0 aromatic carbocycles. The Hall–Kier alpha value is -1.43. The van der Waals surface area contributed by atoms with Crippen molar-refractivity contribution in [3.8, 4) is 0 Å². The fourth-order valence-corrected chi connectivity index (χ4v) is 2.92. The molecule has 1 heterocycles. The molecule has 3 atom stereocenters. The Morgan fingerprint density at radius 2 is 1.82 bits per heavy atom. The Balaban J connectivity index is 2.20. The van der Waals surface area contributed by atoms with Crippen LogP contribution in [0.2, 0.25) is 0 Å². The quantitative estimate of drug-likeness (QED) is 0.291. The van der Waals surface area contributed by atoms with Crippen LogP contribution in [-0.4, -0.2) is 28.7 Å². The van der Waals surface area contributed by atoms with Crippen molar-refractivity contribution < 1.29 is 14.4 Å². The lowest BCUT2D eigenvalue weighted by atomic mass is 10.00. The average molecular weight is 239 g/mol. The number of amides is 3. The van der Waals surface area contributed by atoms with Crippen LogP contribution in [0.1, 0.15) is 26.7 Å². The first-order valence-corrected chi connectivity index (χ1v) is 5.84. The minimum Gasteiger partial charge on any atom is -0.292 e. The standard InChI is InChI=1S/C11H17N3O3/c1-5-3-7-8(4-5)11(17)14(10(7)16)6(2)9(15)13-12/h5-8H,3-4,12H2,1-2H3,(H,13,15). The summed E-state index contributed by atoms with van der Waals surface area (Å²) in [5.41, 5.74) is 1.97. The summed E-state index contributed by atoms with van der Waals surface area (Å²) in [5.74, 6) is 4.00. The van der Waals surface area contributed by atoms with E-state index in [4.69, 9.17) is 5.84 Å². The molecule has 17 heavy (non-hydrogen) atoms. The van der Waals surface area contributed by atoms with Crippen LogP contribution in [0, 0.1) is 17.8 Å². The normalized spacial score (nSPS) is 33.8. The molecule has 0 radical (unpaired) electrons. The highest BCUT2D eigenvalue weighted by Gasteiger charge is 2.53. The number of fused-ring (bicyclic) bond motifs is 1. The van der Waals surface area contributed by atoms with E-state index in [0.717, 1.165) is 17.7 Å². The van der Waals surface area contributed by atoms with Gasteiger partial charge >= 0.3 is 0 Å². The van der Waals surface area contributed by atoms with Crippen molar-refractivity contribution in [1.29, 1.82) is 0 Å². The summed E-state index contributed by atoms with van der Waals surface area (Å²) in [6.45, 7) is 3.56. The van der Waals surface area contributed by atoms with Gasteiger partial charge in [0.25, 0.3) is 5.91 Å². The number of nitrogens with one attached hydrogen (secondary N) is 1. The fraction of sp³-hybridized carbons (Fsp3) is 0.727. The molecular weight excluding hydrogens is 222 g/mol. The number of hydrogen-bond acceptors (Lipinski definition) is 4. The van der Waals surface area contributed by atoms with Gasteiger partial charge in [0.2, 0.25) is 11.8 Å². The van der Waals surface area contributed by atoms with Gasteiger partial charge in [-0.25, -0.2) is 5.84 Å². The molecule has 2 rings (SSSR count). The van der Waals surface area contributed by atoms with Gasteiger partial charge in [0.05, 0.1) is 11.8 Å². The van der Waals surface area contributed by atoms with Gasteiger partial charge in [-0.15, -0.1) is 0 Å². The molecular formula is C11H17N3O3. The lowest BCUT2D eigenvalue weighted by Crippen LogP contribution is -2.50. The maximum absolute atomic E-state index is 12.1. The van der Waals surface area contributed by atoms with E-state index in [1.54, 1.807) is 0 Å². The Bertz CT molecular complexity index is 358. The van der Waals surface area contributed by atoms with E-state index in [0.29, 0.717) is 5.92 Å². The van der Waals surface area contributed by atoms with Crippen molar-refractivity contribution in [3.63, 3.8) is 0 Å². The van der Waals surface area contributed by atoms with Crippen LogP contribution in [0.15, 0.2) is 0 Å². The zero-order valence-electron chi connectivity index (χ0n) is 9.97. The van der Waals surface area contributed by atoms with E-state index in [2.05, 4.69) is 0 Å². The van der Waals surface area contributed by atoms with Gasteiger partial charge in [-0.05, 0) is 25.7 Å². The molecule has 94 valence electrons. The Kier molecular flexibility index (Phi) is 2.91. The number of carbonyl (C=O) groups is 3. The number of hydrogen-bond donors (Lipinski definition) is 2. The van der Waals surface area contributed by atoms with Crippen LogP contribution in [0.4, 0.5) is 0 Å². The van der Waals surface area contributed by atoms with Crippen molar-refractivity contribution in [2.75, 3.05) is 0 Å². The number of nitrogens with zero attached hydrogens (tertiary/aromatic N) is 1. The molecule has 0 aromatic heterocycles. The van der Waals surface area contributed by atoms with Gasteiger partial charge < -0.3 is 0 Å². The Morgan fingerprint density at radius 1 is 1.35 bits per heavy atom. The van der Waals surface area contributed by atoms with Gasteiger partial charge in [-0.2, -0.15) is 0 Å². The van der Waals surface area contributed by atoms with E-state index >= 15 is 0 Å². The first kappa shape index (κ1) is 12.0. The van der Waals surface area contributed by atoms with Gasteiger partial charge in [0, 0.05) is 0 Å². The highest BCUT2D eigenvalue weighted by atomic mass is 16.2. The number of carbonyl (C=O) groups excluding carboxylic acids is 3. The first-order chi connectivity index (χ1) is 7.97. The second-order valence-electron chi connectivity index (χ2n) is 5.02. The van der Waals surface area contributed by atoms with Crippen molar-refractivity contribution in [1.82, 2.24) is 10.3 Å². The molecule has 0 bridgehead atoms. The highest BCUT2D eigenvalue weighted by molar-refractivity contribution is 6.08. The lowest BCUT2D eigenvalue weighted by Gasteiger charge is -2.22. The van der Waals surface area contributed by atoms with Gasteiger partial charge in [0.15, 0.2) is 0 Å². The van der Waals surface area contributed by atoms with Crippen LogP contribution in [0.5, 0.6) is 0 Å². The number of likely N-dealkylation sites (tertiary alicyclic amines) is 1. The Labute approximate surface area is 99.5 Å². The topological polar surface area (TPSA) is 92.5 Å². The molecule has 0 spiro atoms. The molecule has 6 heteroatoms. The molecule has 1 saturated heterocycles. The molecule has 6 nitrogen and oxygen atoms in total. The van der Waals surface area contributed by atoms with Crippen LogP contribution >= 0.6 is 0 Å². The molecule has 0 aromatic rings. The van der Waals surface area contributed by atoms with Crippen molar-refractivity contribution >= 4 is 17.7 Å². The summed E-state index contributed by atoms with van der Waals surface area (Å²) >= 11 is 0. The summed E-state index contributed by atoms with van der Waals surface area (Å²) in [6.07, 6.45) is 1.48. The maximum atomic E-state index is 12.1. The van der Waals surface area contributed by atoms with Crippen molar-refractivity contribution in [2.24, 2.45) is 23.6 Å². The predicted molar refractivity (Wildman–Crippen MR) is 59.0 cm³/mol. The van der Waals surface area contributed by atoms with Crippen LogP contribution in [0.25, 0.3) is 0 Å². The maximum Gasteiger partial charge on any atom is 0.256 e. The van der Waals surface area contributed by atoms with E-state index in [1.807, 2.05) is 12.3 Å². The number of nitrogens with two attached hydrogens (primary N) is 1. The highest BCUT2D eigenvalue weighted by Crippen LogP contribution is 2.43. The summed E-state index contributed by atoms with van der Waals surface area (Å²) in [7, 11) is 0. The molecule has 3 amide bonds. The van der Waals surface area contributed by atoms with Crippen LogP contribution in [-0.2, 0) is 14.4 Å². The second-order valence-corrected chi connectivity index (χ2v) is 5.02. The second kappa shape index (κ2) is 4.10. The third kappa shape index (κ3) is 1.72. The average Bonchev–Trinajstić information content (AvgIpc) is 2.77. The summed E-state index contributed by atoms with van der Waals surface area (Å²) in [5, 5.41) is 0. The van der Waals surface area contributed by atoms with Crippen LogP contribution < -0.4 is 11.3 Å². The monoisotopic (exact) mass is 239 g/mol. The Morgan fingerprint density at radius 3 is 2.24 bits per heavy atom. The predicted octanol–water partition coefficient (Wildman–Crippen LogP) is -0.604. The largest absolute Gasteiger partial charge is 0.292 e. The van der Waals surface area contributed by atoms with Gasteiger partial charge in [-0.1, -0.05) is 6.92 Å². The molecule has 3 N–H and O–H groups in total. The van der Waals surface area contributed by atoms with E-state index in [1.165, 1.54) is 6.92 Å². The number of imide groups is 1. The van der Waals surface area contributed by atoms with E-state index in [-0.39, 0.29) is 23.7 Å². The first-order valence-electron chi connectivity index (χ1n) is 5.84. The molecule has 2 fully saturated rings. The minimum absolute atomic E-state index is 0.222. The van der Waals surface area contributed by atoms with E-state index < -0.39 is 11.9 Å². The molecule has 2 aliphatic rings. The number of hydrazine groups is 1. The van der Waals surface area contributed by atoms with Gasteiger partial charge in [0.1, 0.15) is 6.04 Å². The summed E-state index contributed by atoms with van der Waals surface area (Å²) < 4.78 is 0. The van der Waals surface area contributed by atoms with Crippen molar-refractivity contribution in [3.05, 3.63) is 0 Å². The third-order valence-electron chi connectivity index (χ3n) is 3.82. The molecule has 1 aliphatic carbocycles. The molecule has 1 aliphatic heterocycles. The zero-order chi connectivity index (χ0) is 12.7. The SMILES string of the molecule is CC1CC2C(=O)N(C(C)C(=O)NN)C(=O)C2C1. The summed E-state index contributed by atoms with van der Waals surface area (Å²) in [6, 6.07) is -0.819. The fourth-order valence-electron chi connectivity index (χ4n) is 2.92. The lowest BCUT2D eigenvalue weighted by molar-refractivity contribution is -0.147. The minimum atomic E-state index is -0.819. The number of rotatable bonds is 2. The van der Waals surface area contributed by atoms with Crippen LogP contribution in [0.3, 0.4) is 0 Å². The summed E-state index contributed by atoms with van der Waals surface area (Å²) in [4.78, 5) is 36.6.